The van der Waals surface area contributed by atoms with Crippen LogP contribution in [-0.4, -0.2) is 39.3 Å². The van der Waals surface area contributed by atoms with E-state index < -0.39 is 20.6 Å². The molecule has 37 heavy (non-hydrogen) atoms. The zero-order valence-corrected chi connectivity index (χ0v) is 26.0. The Morgan fingerprint density at radius 1 is 1.14 bits per heavy atom. The minimum Gasteiger partial charge on any atom is -0.461 e. The van der Waals surface area contributed by atoms with Gasteiger partial charge < -0.3 is 13.9 Å². The molecular weight excluding hydrogens is 480 g/mol. The molecule has 0 radical (unpaired) electrons. The Labute approximate surface area is 227 Å². The molecule has 1 aliphatic heterocycles. The van der Waals surface area contributed by atoms with Crippen LogP contribution in [-0.2, 0) is 23.5 Å². The number of ether oxygens (including phenoxy) is 2. The molecule has 2 aliphatic carbocycles. The van der Waals surface area contributed by atoms with Gasteiger partial charge in [-0.1, -0.05) is 59.8 Å². The Morgan fingerprint density at radius 2 is 1.81 bits per heavy atom. The van der Waals surface area contributed by atoms with E-state index in [-0.39, 0.29) is 41.4 Å². The van der Waals surface area contributed by atoms with Crippen LogP contribution >= 0.6 is 0 Å². The van der Waals surface area contributed by atoms with Crippen molar-refractivity contribution in [3.63, 3.8) is 0 Å². The van der Waals surface area contributed by atoms with Crippen molar-refractivity contribution in [3.8, 4) is 0 Å². The fourth-order valence-corrected chi connectivity index (χ4v) is 7.32. The summed E-state index contributed by atoms with van der Waals surface area (Å²) in [4.78, 5) is 26.3. The Morgan fingerprint density at radius 3 is 2.41 bits per heavy atom. The van der Waals surface area contributed by atoms with Gasteiger partial charge in [-0.15, -0.1) is 0 Å². The van der Waals surface area contributed by atoms with Crippen LogP contribution in [0.4, 0.5) is 0 Å². The monoisotopic (exact) mass is 532 g/mol. The molecule has 6 heteroatoms. The molecule has 7 atom stereocenters. The predicted molar refractivity (Wildman–Crippen MR) is 152 cm³/mol. The molecule has 0 spiro atoms. The first kappa shape index (κ1) is 30.1. The molecule has 1 unspecified atom stereocenters. The smallest absolute Gasteiger partial charge is 0.334 e. The van der Waals surface area contributed by atoms with Crippen molar-refractivity contribution in [2.45, 2.75) is 125 Å². The second-order valence-corrected chi connectivity index (χ2v) is 15.7. The number of cyclic esters (lactones) is 1. The molecule has 0 aromatic carbocycles. The van der Waals surface area contributed by atoms with E-state index in [1.165, 1.54) is 5.57 Å². The van der Waals surface area contributed by atoms with Gasteiger partial charge in [-0.2, -0.15) is 0 Å². The molecule has 210 valence electrons. The maximum atomic E-state index is 13.2. The minimum atomic E-state index is -1.37. The van der Waals surface area contributed by atoms with Crippen LogP contribution in [0, 0.1) is 34.5 Å². The first-order valence-electron chi connectivity index (χ1n) is 14.8. The molecule has 0 N–H and O–H groups in total. The summed E-state index contributed by atoms with van der Waals surface area (Å²) in [5, 5.41) is 0. The number of esters is 2. The second-order valence-electron chi connectivity index (χ2n) is 13.4. The highest BCUT2D eigenvalue weighted by atomic mass is 28.3. The van der Waals surface area contributed by atoms with E-state index in [4.69, 9.17) is 13.9 Å². The normalized spacial score (nSPS) is 32.5. The Hall–Kier alpha value is -1.40. The number of carbonyl (C=O) groups excluding carboxylic acids is 2. The van der Waals surface area contributed by atoms with Crippen LogP contribution < -0.4 is 0 Å². The van der Waals surface area contributed by atoms with E-state index in [1.807, 2.05) is 6.92 Å². The van der Waals surface area contributed by atoms with Gasteiger partial charge in [-0.05, 0) is 87.8 Å². The van der Waals surface area contributed by atoms with E-state index >= 15 is 0 Å². The van der Waals surface area contributed by atoms with Crippen LogP contribution in [0.15, 0.2) is 23.8 Å². The zero-order chi connectivity index (χ0) is 27.5. The molecule has 1 heterocycles. The Balaban J connectivity index is 1.75. The third-order valence-electron chi connectivity index (χ3n) is 9.41. The second kappa shape index (κ2) is 12.2. The Kier molecular flexibility index (Phi) is 9.93. The lowest BCUT2D eigenvalue weighted by Crippen LogP contribution is -2.50. The van der Waals surface area contributed by atoms with Gasteiger partial charge in [0.1, 0.15) is 18.3 Å². The lowest BCUT2D eigenvalue weighted by molar-refractivity contribution is -0.177. The number of fused-ring (bicyclic) bond motifs is 1. The number of hydrogen-bond donors (Lipinski definition) is 0. The quantitative estimate of drug-likeness (QED) is 0.236. The van der Waals surface area contributed by atoms with Crippen molar-refractivity contribution in [1.29, 1.82) is 0 Å². The van der Waals surface area contributed by atoms with E-state index in [0.29, 0.717) is 11.8 Å². The average Bonchev–Trinajstić information content (AvgIpc) is 2.83. The molecule has 0 aromatic rings. The van der Waals surface area contributed by atoms with Crippen LogP contribution in [0.1, 0.15) is 93.4 Å². The number of rotatable bonds is 9. The van der Waals surface area contributed by atoms with Crippen molar-refractivity contribution in [2.75, 3.05) is 0 Å². The van der Waals surface area contributed by atoms with Gasteiger partial charge in [0.05, 0.1) is 5.41 Å². The first-order valence-corrected chi connectivity index (χ1v) is 17.5. The van der Waals surface area contributed by atoms with Gasteiger partial charge in [0.2, 0.25) is 0 Å². The summed E-state index contributed by atoms with van der Waals surface area (Å²) in [6.45, 7) is 19.3. The van der Waals surface area contributed by atoms with Crippen molar-refractivity contribution in [2.24, 2.45) is 34.5 Å². The number of allylic oxidation sites excluding steroid dienone is 3. The average molecular weight is 533 g/mol. The number of carbonyl (C=O) groups is 2. The standard InChI is InChI=1S/C31H52O5Si/c1-10-31(7,11-2)29(33)35-25-14-12-13-21-16-15-20(3)23(26(21)25)18-17-22-19-24(30(4,5)6)27(28(32)34-22)36-37(8)9/h13,15-16,20,22-27,37H,10-12,14,17-19H2,1-9H3/t20-,22+,23-,24-,25-,26-,27?/m0/s1. The lowest BCUT2D eigenvalue weighted by Gasteiger charge is -2.44. The molecule has 0 saturated carbocycles. The van der Waals surface area contributed by atoms with Gasteiger partial charge >= 0.3 is 11.9 Å². The van der Waals surface area contributed by atoms with Crippen LogP contribution in [0.2, 0.25) is 13.1 Å². The van der Waals surface area contributed by atoms with Gasteiger partial charge in [-0.3, -0.25) is 4.79 Å². The van der Waals surface area contributed by atoms with Crippen LogP contribution in [0.3, 0.4) is 0 Å². The highest BCUT2D eigenvalue weighted by molar-refractivity contribution is 6.48. The first-order chi connectivity index (χ1) is 17.3. The summed E-state index contributed by atoms with van der Waals surface area (Å²) in [6.07, 6.45) is 12.3. The third kappa shape index (κ3) is 6.98. The van der Waals surface area contributed by atoms with Gasteiger partial charge in [0, 0.05) is 11.8 Å². The van der Waals surface area contributed by atoms with E-state index in [1.54, 1.807) is 0 Å². The molecule has 1 fully saturated rings. The van der Waals surface area contributed by atoms with Crippen molar-refractivity contribution >= 4 is 21.0 Å². The highest BCUT2D eigenvalue weighted by Crippen LogP contribution is 2.46. The fourth-order valence-electron chi connectivity index (χ4n) is 6.43. The topological polar surface area (TPSA) is 61.8 Å². The van der Waals surface area contributed by atoms with Crippen LogP contribution in [0.25, 0.3) is 0 Å². The molecule has 0 aromatic heterocycles. The molecule has 0 amide bonds. The SMILES string of the molecule is CCC(C)(CC)C(=O)O[C@H]1CCC=C2C=C[C@H](C)[C@H](CC[C@@H]3C[C@H](C(C)(C)C)C(O[SiH](C)C)C(=O)O3)[C@H]21. The molecule has 5 nitrogen and oxygen atoms in total. The zero-order valence-electron chi connectivity index (χ0n) is 24.8. The number of hydrogen-bond acceptors (Lipinski definition) is 5. The molecular formula is C31H52O5Si. The van der Waals surface area contributed by atoms with Crippen molar-refractivity contribution in [1.82, 2.24) is 0 Å². The summed E-state index contributed by atoms with van der Waals surface area (Å²) < 4.78 is 18.5. The maximum Gasteiger partial charge on any atom is 0.334 e. The predicted octanol–water partition coefficient (Wildman–Crippen LogP) is 7.01. The fraction of sp³-hybridized carbons (Fsp3) is 0.806. The van der Waals surface area contributed by atoms with Crippen molar-refractivity contribution in [3.05, 3.63) is 23.8 Å². The summed E-state index contributed by atoms with van der Waals surface area (Å²) in [5.41, 5.74) is 0.851. The Bertz CT molecular complexity index is 865. The van der Waals surface area contributed by atoms with E-state index in [0.717, 1.165) is 44.9 Å². The largest absolute Gasteiger partial charge is 0.461 e. The van der Waals surface area contributed by atoms with Gasteiger partial charge in [0.25, 0.3) is 0 Å². The lowest BCUT2D eigenvalue weighted by atomic mass is 9.66. The highest BCUT2D eigenvalue weighted by Gasteiger charge is 2.46. The summed E-state index contributed by atoms with van der Waals surface area (Å²) in [7, 11) is -1.37. The van der Waals surface area contributed by atoms with Gasteiger partial charge in [0.15, 0.2) is 9.04 Å². The van der Waals surface area contributed by atoms with Crippen LogP contribution in [0.5, 0.6) is 0 Å². The van der Waals surface area contributed by atoms with Crippen molar-refractivity contribution < 1.29 is 23.5 Å². The third-order valence-corrected chi connectivity index (χ3v) is 10.2. The summed E-state index contributed by atoms with van der Waals surface area (Å²) >= 11 is 0. The molecule has 0 bridgehead atoms. The molecule has 3 rings (SSSR count). The van der Waals surface area contributed by atoms with E-state index in [9.17, 15) is 9.59 Å². The molecule has 3 aliphatic rings. The minimum absolute atomic E-state index is 0.0315. The summed E-state index contributed by atoms with van der Waals surface area (Å²) in [6, 6.07) is 0. The maximum absolute atomic E-state index is 13.2. The summed E-state index contributed by atoms with van der Waals surface area (Å²) in [5.74, 6) is 0.850. The van der Waals surface area contributed by atoms with Gasteiger partial charge in [-0.25, -0.2) is 4.79 Å². The van der Waals surface area contributed by atoms with E-state index in [2.05, 4.69) is 72.9 Å². The molecule has 1 saturated heterocycles.